The minimum Gasteiger partial charge on any atom is -0.414 e. The Morgan fingerprint density at radius 1 is 1.38 bits per heavy atom. The van der Waals surface area contributed by atoms with E-state index >= 15 is 0 Å². The molecule has 0 spiro atoms. The lowest BCUT2D eigenvalue weighted by atomic mass is 9.92. The molecular weight excluding hydrogens is 286 g/mol. The average Bonchev–Trinajstić information content (AvgIpc) is 2.38. The molecule has 4 atom stereocenters. The Morgan fingerprint density at radius 2 is 2.00 bits per heavy atom. The first kappa shape index (κ1) is 18.5. The minimum atomic E-state index is -1.83. The van der Waals surface area contributed by atoms with Crippen LogP contribution < -0.4 is 0 Å². The van der Waals surface area contributed by atoms with Crippen molar-refractivity contribution in [1.82, 2.24) is 0 Å². The summed E-state index contributed by atoms with van der Waals surface area (Å²) in [6.45, 7) is 14.1. The summed E-state index contributed by atoms with van der Waals surface area (Å²) in [6, 6.07) is -0.207. The van der Waals surface area contributed by atoms with E-state index in [0.29, 0.717) is 13.2 Å². The van der Waals surface area contributed by atoms with E-state index in [-0.39, 0.29) is 29.2 Å². The van der Waals surface area contributed by atoms with E-state index in [1.54, 1.807) is 7.11 Å². The van der Waals surface area contributed by atoms with Crippen LogP contribution in [-0.2, 0) is 13.9 Å². The number of hydrogen-bond donors (Lipinski definition) is 0. The van der Waals surface area contributed by atoms with Crippen molar-refractivity contribution in [3.8, 4) is 0 Å². The highest BCUT2D eigenvalue weighted by Gasteiger charge is 2.42. The molecule has 0 N–H and O–H groups in total. The maximum Gasteiger partial charge on any atom is 0.192 e. The molecule has 122 valence electrons. The first-order valence-electron chi connectivity index (χ1n) is 7.46. The average molecular weight is 315 g/mol. The van der Waals surface area contributed by atoms with Gasteiger partial charge in [0.2, 0.25) is 0 Å². The van der Waals surface area contributed by atoms with Crippen LogP contribution in [0.4, 0.5) is 0 Å². The number of methoxy groups -OCH3 is 1. The zero-order valence-electron chi connectivity index (χ0n) is 14.3. The zero-order valence-corrected chi connectivity index (χ0v) is 15.3. The minimum absolute atomic E-state index is 0.148. The quantitative estimate of drug-likeness (QED) is 0.335. The molecule has 1 aliphatic rings. The van der Waals surface area contributed by atoms with Crippen molar-refractivity contribution in [2.24, 2.45) is 11.0 Å². The van der Waals surface area contributed by atoms with Crippen molar-refractivity contribution in [2.45, 2.75) is 64.1 Å². The largest absolute Gasteiger partial charge is 0.414 e. The third kappa shape index (κ3) is 4.44. The number of azide groups is 1. The van der Waals surface area contributed by atoms with Gasteiger partial charge in [0, 0.05) is 12.0 Å². The van der Waals surface area contributed by atoms with E-state index in [2.05, 4.69) is 43.9 Å². The maximum absolute atomic E-state index is 8.74. The molecule has 6 nitrogen and oxygen atoms in total. The molecule has 0 amide bonds. The Morgan fingerprint density at radius 3 is 2.48 bits per heavy atom. The molecule has 1 saturated heterocycles. The lowest BCUT2D eigenvalue weighted by molar-refractivity contribution is -0.133. The maximum atomic E-state index is 8.74. The van der Waals surface area contributed by atoms with Gasteiger partial charge >= 0.3 is 0 Å². The van der Waals surface area contributed by atoms with Crippen LogP contribution in [0, 0.1) is 5.92 Å². The number of ether oxygens (including phenoxy) is 2. The van der Waals surface area contributed by atoms with Gasteiger partial charge in [-0.05, 0) is 29.6 Å². The fourth-order valence-electron chi connectivity index (χ4n) is 2.19. The molecule has 1 heterocycles. The lowest BCUT2D eigenvalue weighted by Crippen LogP contribution is -2.53. The van der Waals surface area contributed by atoms with Crippen molar-refractivity contribution < 1.29 is 13.9 Å². The SMILES string of the molecule is CO[C@H]1C(CO[Si](C)(C)C(C)(C)C)OCC(C)[C@H]1N=[N+]=[N-]. The predicted molar refractivity (Wildman–Crippen MR) is 85.8 cm³/mol. The van der Waals surface area contributed by atoms with Gasteiger partial charge in [-0.15, -0.1) is 0 Å². The van der Waals surface area contributed by atoms with Crippen LogP contribution in [-0.4, -0.2) is 46.9 Å². The summed E-state index contributed by atoms with van der Waals surface area (Å²) in [5, 5.41) is 4.05. The first-order chi connectivity index (χ1) is 9.64. The monoisotopic (exact) mass is 315 g/mol. The first-order valence-corrected chi connectivity index (χ1v) is 10.4. The summed E-state index contributed by atoms with van der Waals surface area (Å²) in [5.41, 5.74) is 8.74. The molecule has 21 heavy (non-hydrogen) atoms. The normalized spacial score (nSPS) is 30.8. The standard InChI is InChI=1S/C14H29N3O3Si/c1-10-8-19-11(13(18-5)12(10)16-17-15)9-20-21(6,7)14(2,3)4/h10-13H,8-9H2,1-7H3/t10?,11?,12-,13+/m1/s1. The molecule has 2 unspecified atom stereocenters. The van der Waals surface area contributed by atoms with E-state index in [1.165, 1.54) is 0 Å². The molecule has 1 aliphatic heterocycles. The van der Waals surface area contributed by atoms with Gasteiger partial charge in [-0.3, -0.25) is 0 Å². The summed E-state index contributed by atoms with van der Waals surface area (Å²) in [6.07, 6.45) is -0.440. The highest BCUT2D eigenvalue weighted by atomic mass is 28.4. The van der Waals surface area contributed by atoms with Crippen molar-refractivity contribution in [3.05, 3.63) is 10.4 Å². The van der Waals surface area contributed by atoms with Crippen molar-refractivity contribution in [2.75, 3.05) is 20.3 Å². The lowest BCUT2D eigenvalue weighted by Gasteiger charge is -2.42. The van der Waals surface area contributed by atoms with Gasteiger partial charge in [0.1, 0.15) is 6.10 Å². The molecule has 7 heteroatoms. The second-order valence-electron chi connectivity index (χ2n) is 7.32. The molecule has 1 fully saturated rings. The fourth-order valence-corrected chi connectivity index (χ4v) is 3.21. The van der Waals surface area contributed by atoms with Crippen molar-refractivity contribution >= 4 is 8.32 Å². The smallest absolute Gasteiger partial charge is 0.192 e. The van der Waals surface area contributed by atoms with Crippen LogP contribution in [0.25, 0.3) is 10.4 Å². The Kier molecular flexibility index (Phi) is 6.25. The summed E-state index contributed by atoms with van der Waals surface area (Å²) in [4.78, 5) is 2.95. The molecule has 0 aromatic rings. The van der Waals surface area contributed by atoms with E-state index < -0.39 is 8.32 Å². The van der Waals surface area contributed by atoms with Gasteiger partial charge in [-0.2, -0.15) is 0 Å². The molecule has 0 bridgehead atoms. The van der Waals surface area contributed by atoms with Gasteiger partial charge in [0.15, 0.2) is 8.32 Å². The fraction of sp³-hybridized carbons (Fsp3) is 1.00. The zero-order chi connectivity index (χ0) is 16.3. The van der Waals surface area contributed by atoms with Crippen LogP contribution in [0.15, 0.2) is 5.11 Å². The highest BCUT2D eigenvalue weighted by Crippen LogP contribution is 2.37. The molecule has 0 aromatic heterocycles. The summed E-state index contributed by atoms with van der Waals surface area (Å²) < 4.78 is 17.6. The third-order valence-electron chi connectivity index (χ3n) is 4.73. The Balaban J connectivity index is 2.76. The number of rotatable bonds is 5. The molecule has 0 saturated carbocycles. The Labute approximate surface area is 128 Å². The van der Waals surface area contributed by atoms with Gasteiger partial charge in [0.05, 0.1) is 25.4 Å². The van der Waals surface area contributed by atoms with E-state index in [9.17, 15) is 0 Å². The second-order valence-corrected chi connectivity index (χ2v) is 12.1. The molecule has 0 radical (unpaired) electrons. The van der Waals surface area contributed by atoms with E-state index in [1.807, 2.05) is 6.92 Å². The molecule has 0 aliphatic carbocycles. The second kappa shape index (κ2) is 7.11. The van der Waals surface area contributed by atoms with Crippen molar-refractivity contribution in [3.63, 3.8) is 0 Å². The van der Waals surface area contributed by atoms with E-state index in [4.69, 9.17) is 19.4 Å². The van der Waals surface area contributed by atoms with Crippen LogP contribution in [0.1, 0.15) is 27.7 Å². The Hall–Kier alpha value is -0.593. The van der Waals surface area contributed by atoms with Gasteiger partial charge in [-0.1, -0.05) is 32.8 Å². The van der Waals surface area contributed by atoms with Crippen LogP contribution >= 0.6 is 0 Å². The molecule has 0 aromatic carbocycles. The number of hydrogen-bond acceptors (Lipinski definition) is 4. The molecule has 1 rings (SSSR count). The Bertz CT molecular complexity index is 391. The van der Waals surface area contributed by atoms with Crippen LogP contribution in [0.2, 0.25) is 18.1 Å². The van der Waals surface area contributed by atoms with Gasteiger partial charge < -0.3 is 13.9 Å². The van der Waals surface area contributed by atoms with Gasteiger partial charge in [-0.25, -0.2) is 0 Å². The highest BCUT2D eigenvalue weighted by molar-refractivity contribution is 6.74. The van der Waals surface area contributed by atoms with Gasteiger partial charge in [0.25, 0.3) is 0 Å². The number of nitrogens with zero attached hydrogens (tertiary/aromatic N) is 3. The summed E-state index contributed by atoms with van der Waals surface area (Å²) in [7, 11) is -0.197. The van der Waals surface area contributed by atoms with Crippen LogP contribution in [0.5, 0.6) is 0 Å². The summed E-state index contributed by atoms with van der Waals surface area (Å²) >= 11 is 0. The van der Waals surface area contributed by atoms with Crippen molar-refractivity contribution in [1.29, 1.82) is 0 Å². The van der Waals surface area contributed by atoms with Crippen LogP contribution in [0.3, 0.4) is 0 Å². The third-order valence-corrected chi connectivity index (χ3v) is 9.23. The summed E-state index contributed by atoms with van der Waals surface area (Å²) in [5.74, 6) is 0.148. The topological polar surface area (TPSA) is 76.5 Å². The molecular formula is C14H29N3O3Si. The van der Waals surface area contributed by atoms with E-state index in [0.717, 1.165) is 0 Å². The predicted octanol–water partition coefficient (Wildman–Crippen LogP) is 3.74.